The van der Waals surface area contributed by atoms with Gasteiger partial charge in [0, 0.05) is 38.2 Å². The van der Waals surface area contributed by atoms with Crippen LogP contribution in [-0.2, 0) is 37.4 Å². The lowest BCUT2D eigenvalue weighted by Crippen LogP contribution is -2.44. The molecule has 0 aromatic heterocycles. The van der Waals surface area contributed by atoms with Gasteiger partial charge in [-0.15, -0.1) is 0 Å². The molecule has 0 unspecified atom stereocenters. The number of sulfonamides is 1. The van der Waals surface area contributed by atoms with Crippen LogP contribution < -0.4 is 4.72 Å². The Bertz CT molecular complexity index is 1610. The van der Waals surface area contributed by atoms with E-state index >= 15 is 0 Å². The van der Waals surface area contributed by atoms with Crippen molar-refractivity contribution in [1.82, 2.24) is 9.62 Å². The fraction of sp³-hybridized carbons (Fsp3) is 0.314. The van der Waals surface area contributed by atoms with E-state index in [0.29, 0.717) is 0 Å². The van der Waals surface area contributed by atoms with Crippen LogP contribution in [0.5, 0.6) is 0 Å². The van der Waals surface area contributed by atoms with Crippen molar-refractivity contribution in [1.29, 1.82) is 0 Å². The minimum Gasteiger partial charge on any atom is -0.392 e. The molecule has 230 valence electrons. The van der Waals surface area contributed by atoms with Crippen LogP contribution in [0.4, 0.5) is 0 Å². The molecule has 0 amide bonds. The van der Waals surface area contributed by atoms with Crippen molar-refractivity contribution < 1.29 is 27.7 Å². The van der Waals surface area contributed by atoms with E-state index in [1.54, 1.807) is 30.3 Å². The molecule has 4 aromatic rings. The maximum Gasteiger partial charge on any atom is 0.240 e. The number of nitrogens with zero attached hydrogens (tertiary/aromatic N) is 1. The van der Waals surface area contributed by atoms with Crippen molar-refractivity contribution in [3.05, 3.63) is 125 Å². The Morgan fingerprint density at radius 1 is 0.795 bits per heavy atom. The average Bonchev–Trinajstić information content (AvgIpc) is 3.08. The summed E-state index contributed by atoms with van der Waals surface area (Å²) in [5, 5.41) is 9.49. The van der Waals surface area contributed by atoms with Crippen LogP contribution >= 0.6 is 0 Å². The molecule has 2 saturated heterocycles. The van der Waals surface area contributed by atoms with Crippen LogP contribution in [0.15, 0.2) is 108 Å². The van der Waals surface area contributed by atoms with Gasteiger partial charge in [0.25, 0.3) is 0 Å². The quantitative estimate of drug-likeness (QED) is 0.253. The Balaban J connectivity index is 1.20. The van der Waals surface area contributed by atoms with E-state index in [1.807, 2.05) is 72.8 Å². The predicted molar refractivity (Wildman–Crippen MR) is 168 cm³/mol. The number of benzene rings is 4. The number of hydrogen-bond donors (Lipinski definition) is 2. The second kappa shape index (κ2) is 14.1. The molecule has 8 nitrogen and oxygen atoms in total. The van der Waals surface area contributed by atoms with E-state index in [1.165, 1.54) is 0 Å². The van der Waals surface area contributed by atoms with Gasteiger partial charge in [0.15, 0.2) is 6.29 Å². The fourth-order valence-electron chi connectivity index (χ4n) is 5.74. The lowest BCUT2D eigenvalue weighted by Gasteiger charge is -2.39. The van der Waals surface area contributed by atoms with Crippen LogP contribution in [0.2, 0.25) is 0 Å². The summed E-state index contributed by atoms with van der Waals surface area (Å²) < 4.78 is 47.0. The number of rotatable bonds is 10. The van der Waals surface area contributed by atoms with E-state index in [2.05, 4.69) is 9.62 Å². The van der Waals surface area contributed by atoms with Crippen LogP contribution in [0.25, 0.3) is 11.1 Å². The molecular formula is C35H38N2O6S. The van der Waals surface area contributed by atoms with Gasteiger partial charge in [-0.2, -0.15) is 0 Å². The zero-order valence-corrected chi connectivity index (χ0v) is 25.4. The summed E-state index contributed by atoms with van der Waals surface area (Å²) in [4.78, 5) is 2.62. The minimum atomic E-state index is -3.63. The molecule has 44 heavy (non-hydrogen) atoms. The molecule has 2 fully saturated rings. The number of morpholine rings is 1. The van der Waals surface area contributed by atoms with Crippen molar-refractivity contribution in [2.45, 2.75) is 43.0 Å². The summed E-state index contributed by atoms with van der Waals surface area (Å²) in [5.74, 6) is 0. The molecule has 3 atom stereocenters. The second-order valence-corrected chi connectivity index (χ2v) is 12.9. The van der Waals surface area contributed by atoms with Gasteiger partial charge in [-0.1, -0.05) is 91.0 Å². The molecule has 9 heteroatoms. The third-order valence-electron chi connectivity index (χ3n) is 8.20. The Labute approximate surface area is 259 Å². The molecule has 2 N–H and O–H groups in total. The van der Waals surface area contributed by atoms with E-state index in [9.17, 15) is 13.5 Å². The maximum absolute atomic E-state index is 12.8. The highest BCUT2D eigenvalue weighted by Gasteiger charge is 2.33. The van der Waals surface area contributed by atoms with Crippen LogP contribution in [0.3, 0.4) is 0 Å². The zero-order chi connectivity index (χ0) is 30.4. The molecule has 0 aliphatic carbocycles. The van der Waals surface area contributed by atoms with Crippen molar-refractivity contribution in [3.8, 4) is 11.1 Å². The minimum absolute atomic E-state index is 0.00553. The molecule has 0 radical (unpaired) electrons. The van der Waals surface area contributed by atoms with Gasteiger partial charge in [-0.05, 0) is 39.9 Å². The van der Waals surface area contributed by atoms with Crippen molar-refractivity contribution in [2.75, 3.05) is 32.8 Å². The molecule has 0 spiro atoms. The highest BCUT2D eigenvalue weighted by Crippen LogP contribution is 2.39. The molecule has 2 aliphatic rings. The Hall–Kier alpha value is -3.41. The third kappa shape index (κ3) is 7.44. The first-order valence-electron chi connectivity index (χ1n) is 15.0. The standard InChI is InChI=1S/C35H38N2O6S/c38-25-26-10-12-28(13-11-26)34-22-31(24-37-18-20-41-21-19-37)42-35(43-34)29-16-14-27(15-17-29)33-9-5-4-6-30(33)23-36-44(39,40)32-7-2-1-3-8-32/h1-17,31,34-36,38H,18-25H2/t31-,34+,35+/m0/s1. The molecule has 2 aliphatic heterocycles. The summed E-state index contributed by atoms with van der Waals surface area (Å²) in [6, 6.07) is 32.2. The topological polar surface area (TPSA) is 97.3 Å². The first-order chi connectivity index (χ1) is 21.5. The van der Waals surface area contributed by atoms with Crippen LogP contribution in [0, 0.1) is 0 Å². The Kier molecular flexibility index (Phi) is 9.83. The molecule has 2 heterocycles. The van der Waals surface area contributed by atoms with Crippen LogP contribution in [0.1, 0.15) is 41.1 Å². The predicted octanol–water partition coefficient (Wildman–Crippen LogP) is 5.20. The largest absolute Gasteiger partial charge is 0.392 e. The van der Waals surface area contributed by atoms with Gasteiger partial charge in [0.1, 0.15) is 0 Å². The highest BCUT2D eigenvalue weighted by molar-refractivity contribution is 7.89. The first kappa shape index (κ1) is 30.6. The lowest BCUT2D eigenvalue weighted by molar-refractivity contribution is -0.253. The van der Waals surface area contributed by atoms with Gasteiger partial charge in [0.05, 0.1) is 36.9 Å². The number of ether oxygens (including phenoxy) is 3. The summed E-state index contributed by atoms with van der Waals surface area (Å²) in [5.41, 5.74) is 5.64. The summed E-state index contributed by atoms with van der Waals surface area (Å²) in [7, 11) is -3.63. The Morgan fingerprint density at radius 3 is 2.20 bits per heavy atom. The molecule has 0 saturated carbocycles. The van der Waals surface area contributed by atoms with Crippen molar-refractivity contribution in [3.63, 3.8) is 0 Å². The average molecular weight is 615 g/mol. The van der Waals surface area contributed by atoms with Gasteiger partial charge in [0.2, 0.25) is 10.0 Å². The van der Waals surface area contributed by atoms with Gasteiger partial charge in [-0.25, -0.2) is 13.1 Å². The van der Waals surface area contributed by atoms with E-state index < -0.39 is 16.3 Å². The monoisotopic (exact) mass is 614 g/mol. The fourth-order valence-corrected chi connectivity index (χ4v) is 6.76. The third-order valence-corrected chi connectivity index (χ3v) is 9.62. The SMILES string of the molecule is O=S(=O)(NCc1ccccc1-c1ccc([C@@H]2O[C@H](CN3CCOCC3)C[C@H](c3ccc(CO)cc3)O2)cc1)c1ccccc1. The van der Waals surface area contributed by atoms with E-state index in [0.717, 1.165) is 72.6 Å². The summed E-state index contributed by atoms with van der Waals surface area (Å²) >= 11 is 0. The summed E-state index contributed by atoms with van der Waals surface area (Å²) in [6.45, 7) is 4.22. The number of aliphatic hydroxyl groups excluding tert-OH is 1. The smallest absolute Gasteiger partial charge is 0.240 e. The summed E-state index contributed by atoms with van der Waals surface area (Å²) in [6.07, 6.45) is 0.0220. The number of aliphatic hydroxyl groups is 1. The molecule has 0 bridgehead atoms. The van der Waals surface area contributed by atoms with Gasteiger partial charge in [-0.3, -0.25) is 4.90 Å². The molecule has 4 aromatic carbocycles. The maximum atomic E-state index is 12.8. The second-order valence-electron chi connectivity index (χ2n) is 11.2. The highest BCUT2D eigenvalue weighted by atomic mass is 32.2. The molecule has 6 rings (SSSR count). The number of hydrogen-bond acceptors (Lipinski definition) is 7. The van der Waals surface area contributed by atoms with Crippen molar-refractivity contribution in [2.24, 2.45) is 0 Å². The Morgan fingerprint density at radius 2 is 1.48 bits per heavy atom. The molecular weight excluding hydrogens is 576 g/mol. The first-order valence-corrected chi connectivity index (χ1v) is 16.5. The van der Waals surface area contributed by atoms with Gasteiger partial charge >= 0.3 is 0 Å². The van der Waals surface area contributed by atoms with E-state index in [4.69, 9.17) is 14.2 Å². The number of nitrogens with one attached hydrogen (secondary N) is 1. The zero-order valence-electron chi connectivity index (χ0n) is 24.5. The lowest BCUT2D eigenvalue weighted by atomic mass is 9.97. The van der Waals surface area contributed by atoms with Crippen LogP contribution in [-0.4, -0.2) is 57.4 Å². The van der Waals surface area contributed by atoms with Gasteiger partial charge < -0.3 is 19.3 Å². The normalized spacial score (nSPS) is 21.2. The van der Waals surface area contributed by atoms with Crippen molar-refractivity contribution >= 4 is 10.0 Å². The van der Waals surface area contributed by atoms with E-state index in [-0.39, 0.29) is 30.3 Å².